The number of benzene rings is 2. The summed E-state index contributed by atoms with van der Waals surface area (Å²) in [5.74, 6) is 2.21. The van der Waals surface area contributed by atoms with Crippen molar-refractivity contribution in [3.8, 4) is 17.2 Å². The molecule has 3 aromatic rings. The summed E-state index contributed by atoms with van der Waals surface area (Å²) < 4.78 is 19.1. The maximum absolute atomic E-state index is 11.1. The van der Waals surface area contributed by atoms with Gasteiger partial charge in [-0.1, -0.05) is 24.3 Å². The van der Waals surface area contributed by atoms with Crippen molar-refractivity contribution >= 4 is 0 Å². The Bertz CT molecular complexity index is 965. The van der Waals surface area contributed by atoms with Crippen LogP contribution in [0.1, 0.15) is 18.4 Å². The van der Waals surface area contributed by atoms with Gasteiger partial charge in [-0.3, -0.25) is 9.58 Å². The molecule has 0 aliphatic carbocycles. The van der Waals surface area contributed by atoms with Gasteiger partial charge in [0.15, 0.2) is 11.5 Å². The highest BCUT2D eigenvalue weighted by atomic mass is 16.5. The molecular weight excluding hydrogens is 406 g/mol. The van der Waals surface area contributed by atoms with Crippen LogP contribution in [0.25, 0.3) is 0 Å². The van der Waals surface area contributed by atoms with Crippen LogP contribution in [0.2, 0.25) is 0 Å². The van der Waals surface area contributed by atoms with E-state index in [2.05, 4.69) is 10.00 Å². The molecule has 1 aromatic heterocycles. The van der Waals surface area contributed by atoms with Crippen molar-refractivity contribution in [3.05, 3.63) is 72.6 Å². The molecular formula is C25H31N3O4. The van der Waals surface area contributed by atoms with Crippen LogP contribution in [0.5, 0.6) is 17.2 Å². The minimum absolute atomic E-state index is 0.290. The molecule has 1 N–H and O–H groups in total. The largest absolute Gasteiger partial charge is 0.493 e. The smallest absolute Gasteiger partial charge is 0.161 e. The van der Waals surface area contributed by atoms with Gasteiger partial charge < -0.3 is 19.3 Å². The molecule has 2 aromatic carbocycles. The Labute approximate surface area is 189 Å². The normalized spacial score (nSPS) is 18.9. The molecule has 0 amide bonds. The summed E-state index contributed by atoms with van der Waals surface area (Å²) in [5, 5.41) is 15.3. The van der Waals surface area contributed by atoms with Crippen LogP contribution in [0.3, 0.4) is 0 Å². The van der Waals surface area contributed by atoms with E-state index < -0.39 is 5.60 Å². The molecule has 1 saturated heterocycles. The van der Waals surface area contributed by atoms with Crippen molar-refractivity contribution in [2.75, 3.05) is 33.4 Å². The lowest BCUT2D eigenvalue weighted by molar-refractivity contribution is -0.0621. The summed E-state index contributed by atoms with van der Waals surface area (Å²) in [4.78, 5) is 2.27. The summed E-state index contributed by atoms with van der Waals surface area (Å²) in [5.41, 5.74) is 0.261. The first-order valence-electron chi connectivity index (χ1n) is 11.0. The van der Waals surface area contributed by atoms with Crippen LogP contribution in [0.15, 0.2) is 67.0 Å². The van der Waals surface area contributed by atoms with Gasteiger partial charge in [-0.25, -0.2) is 0 Å². The Balaban J connectivity index is 1.34. The highest BCUT2D eigenvalue weighted by Gasteiger charge is 2.34. The summed E-state index contributed by atoms with van der Waals surface area (Å²) >= 11 is 0. The van der Waals surface area contributed by atoms with E-state index in [9.17, 15) is 5.11 Å². The zero-order valence-electron chi connectivity index (χ0n) is 18.5. The van der Waals surface area contributed by atoms with Gasteiger partial charge in [0.1, 0.15) is 24.6 Å². The van der Waals surface area contributed by atoms with Crippen LogP contribution < -0.4 is 14.2 Å². The molecule has 7 heteroatoms. The average molecular weight is 438 g/mol. The molecule has 0 radical (unpaired) electrons. The van der Waals surface area contributed by atoms with Crippen molar-refractivity contribution < 1.29 is 19.3 Å². The lowest BCUT2D eigenvalue weighted by atomic mass is 9.93. The number of likely N-dealkylation sites (tertiary alicyclic amines) is 1. The second kappa shape index (κ2) is 10.5. The van der Waals surface area contributed by atoms with E-state index in [-0.39, 0.29) is 6.61 Å². The van der Waals surface area contributed by atoms with Gasteiger partial charge in [0, 0.05) is 25.5 Å². The number of rotatable bonds is 10. The van der Waals surface area contributed by atoms with E-state index in [1.54, 1.807) is 13.3 Å². The monoisotopic (exact) mass is 437 g/mol. The number of nitrogens with zero attached hydrogens (tertiary/aromatic N) is 3. The van der Waals surface area contributed by atoms with Gasteiger partial charge in [-0.2, -0.15) is 5.10 Å². The highest BCUT2D eigenvalue weighted by Crippen LogP contribution is 2.30. The number of piperidine rings is 1. The van der Waals surface area contributed by atoms with Gasteiger partial charge in [-0.05, 0) is 55.3 Å². The number of hydrogen-bond donors (Lipinski definition) is 1. The van der Waals surface area contributed by atoms with Crippen LogP contribution in [0.4, 0.5) is 0 Å². The second-order valence-electron chi connectivity index (χ2n) is 8.24. The number of aromatic nitrogens is 2. The zero-order valence-corrected chi connectivity index (χ0v) is 18.5. The topological polar surface area (TPSA) is 69.0 Å². The van der Waals surface area contributed by atoms with Crippen LogP contribution >= 0.6 is 0 Å². The first-order valence-corrected chi connectivity index (χ1v) is 11.0. The predicted molar refractivity (Wildman–Crippen MR) is 122 cm³/mol. The van der Waals surface area contributed by atoms with Crippen LogP contribution in [-0.2, 0) is 13.1 Å². The van der Waals surface area contributed by atoms with Gasteiger partial charge in [0.25, 0.3) is 0 Å². The first kappa shape index (κ1) is 22.2. The fourth-order valence-electron chi connectivity index (χ4n) is 4.07. The quantitative estimate of drug-likeness (QED) is 0.525. The summed E-state index contributed by atoms with van der Waals surface area (Å²) in [7, 11) is 1.65. The number of β-amino-alcohol motifs (C(OH)–C–C–N with tert-alkyl or cyclic N) is 1. The minimum Gasteiger partial charge on any atom is -0.493 e. The Kier molecular flexibility index (Phi) is 7.29. The van der Waals surface area contributed by atoms with E-state index in [4.69, 9.17) is 14.2 Å². The molecule has 1 aliphatic heterocycles. The third-order valence-corrected chi connectivity index (χ3v) is 5.66. The molecule has 2 heterocycles. The molecule has 0 spiro atoms. The summed E-state index contributed by atoms with van der Waals surface area (Å²) in [6.07, 6.45) is 5.33. The van der Waals surface area contributed by atoms with E-state index in [0.717, 1.165) is 43.0 Å². The molecule has 0 unspecified atom stereocenters. The number of ether oxygens (including phenoxy) is 3. The standard InChI is InChI=1S/C25H31N3O4/c1-30-23-10-9-21(17-24(23)31-16-15-28-14-6-12-26-28)18-27-13-5-11-25(29,19-27)20-32-22-7-3-2-4-8-22/h2-4,6-10,12,14,17,29H,5,11,13,15-16,18-20H2,1H3/t25-/m0/s1. The highest BCUT2D eigenvalue weighted by molar-refractivity contribution is 5.43. The fraction of sp³-hybridized carbons (Fsp3) is 0.400. The van der Waals surface area contributed by atoms with Crippen molar-refractivity contribution in [1.82, 2.24) is 14.7 Å². The third kappa shape index (κ3) is 6.02. The molecule has 170 valence electrons. The number of para-hydroxylation sites is 1. The molecule has 0 bridgehead atoms. The first-order chi connectivity index (χ1) is 15.6. The van der Waals surface area contributed by atoms with Crippen molar-refractivity contribution in [2.45, 2.75) is 31.5 Å². The number of aliphatic hydroxyl groups is 1. The van der Waals surface area contributed by atoms with Gasteiger partial charge in [0.2, 0.25) is 0 Å². The molecule has 7 nitrogen and oxygen atoms in total. The lowest BCUT2D eigenvalue weighted by Gasteiger charge is -2.39. The Morgan fingerprint density at radius 3 is 2.72 bits per heavy atom. The molecule has 0 saturated carbocycles. The fourth-order valence-corrected chi connectivity index (χ4v) is 4.07. The summed E-state index contributed by atoms with van der Waals surface area (Å²) in [6, 6.07) is 17.6. The summed E-state index contributed by atoms with van der Waals surface area (Å²) in [6.45, 7) is 3.70. The Morgan fingerprint density at radius 2 is 1.94 bits per heavy atom. The Hall–Kier alpha value is -3.03. The van der Waals surface area contributed by atoms with Gasteiger partial charge in [0.05, 0.1) is 13.7 Å². The maximum atomic E-state index is 11.1. The zero-order chi connectivity index (χ0) is 22.2. The minimum atomic E-state index is -0.857. The molecule has 4 rings (SSSR count). The van der Waals surface area contributed by atoms with Crippen molar-refractivity contribution in [3.63, 3.8) is 0 Å². The van der Waals surface area contributed by atoms with E-state index in [0.29, 0.717) is 25.4 Å². The number of methoxy groups -OCH3 is 1. The number of hydrogen-bond acceptors (Lipinski definition) is 6. The lowest BCUT2D eigenvalue weighted by Crippen LogP contribution is -2.51. The molecule has 32 heavy (non-hydrogen) atoms. The van der Waals surface area contributed by atoms with Crippen molar-refractivity contribution in [2.24, 2.45) is 0 Å². The molecule has 1 atom stereocenters. The van der Waals surface area contributed by atoms with E-state index in [1.807, 2.05) is 65.5 Å². The average Bonchev–Trinajstić information content (AvgIpc) is 3.32. The van der Waals surface area contributed by atoms with Crippen LogP contribution in [0, 0.1) is 0 Å². The van der Waals surface area contributed by atoms with E-state index in [1.165, 1.54) is 0 Å². The van der Waals surface area contributed by atoms with E-state index >= 15 is 0 Å². The van der Waals surface area contributed by atoms with Gasteiger partial charge >= 0.3 is 0 Å². The van der Waals surface area contributed by atoms with Crippen molar-refractivity contribution in [1.29, 1.82) is 0 Å². The maximum Gasteiger partial charge on any atom is 0.161 e. The molecule has 1 fully saturated rings. The SMILES string of the molecule is COc1ccc(CN2CCC[C@@](O)(COc3ccccc3)C2)cc1OCCn1cccn1. The second-order valence-corrected chi connectivity index (χ2v) is 8.24. The third-order valence-electron chi connectivity index (χ3n) is 5.66. The predicted octanol–water partition coefficient (Wildman–Crippen LogP) is 3.38. The Morgan fingerprint density at radius 1 is 1.06 bits per heavy atom. The van der Waals surface area contributed by atoms with Gasteiger partial charge in [-0.15, -0.1) is 0 Å². The molecule has 1 aliphatic rings. The van der Waals surface area contributed by atoms with Crippen LogP contribution in [-0.4, -0.2) is 58.8 Å².